The van der Waals surface area contributed by atoms with E-state index in [1.54, 1.807) is 11.1 Å². The van der Waals surface area contributed by atoms with Crippen LogP contribution < -0.4 is 0 Å². The number of carbonyl (C=O) groups is 1. The minimum atomic E-state index is -0.300. The molecule has 1 unspecified atom stereocenters. The van der Waals surface area contributed by atoms with Gasteiger partial charge in [-0.3, -0.25) is 9.78 Å². The van der Waals surface area contributed by atoms with Crippen LogP contribution in [0, 0.1) is 11.3 Å². The molecule has 4 nitrogen and oxygen atoms in total. The zero-order valence-corrected chi connectivity index (χ0v) is 11.0. The van der Waals surface area contributed by atoms with Crippen LogP contribution in [0.1, 0.15) is 38.3 Å². The lowest BCUT2D eigenvalue weighted by atomic mass is 10.00. The van der Waals surface area contributed by atoms with E-state index in [1.807, 2.05) is 32.0 Å². The first-order valence-corrected chi connectivity index (χ1v) is 6.31. The first kappa shape index (κ1) is 14.2. The largest absolute Gasteiger partial charge is 0.343 e. The van der Waals surface area contributed by atoms with E-state index in [9.17, 15) is 4.79 Å². The Morgan fingerprint density at radius 1 is 1.44 bits per heavy atom. The molecule has 4 heteroatoms. The molecule has 1 rings (SSSR count). The highest BCUT2D eigenvalue weighted by Gasteiger charge is 2.16. The Kier molecular flexibility index (Phi) is 5.86. The summed E-state index contributed by atoms with van der Waals surface area (Å²) < 4.78 is 0. The van der Waals surface area contributed by atoms with Crippen molar-refractivity contribution < 1.29 is 4.79 Å². The van der Waals surface area contributed by atoms with Gasteiger partial charge in [-0.1, -0.05) is 6.07 Å². The van der Waals surface area contributed by atoms with Crippen molar-refractivity contribution in [2.24, 2.45) is 0 Å². The number of hydrogen-bond donors (Lipinski definition) is 0. The summed E-state index contributed by atoms with van der Waals surface area (Å²) in [7, 11) is 0. The third kappa shape index (κ3) is 3.85. The van der Waals surface area contributed by atoms with E-state index in [4.69, 9.17) is 5.26 Å². The van der Waals surface area contributed by atoms with Crippen molar-refractivity contribution >= 4 is 5.91 Å². The monoisotopic (exact) mass is 245 g/mol. The van der Waals surface area contributed by atoms with E-state index in [-0.39, 0.29) is 11.8 Å². The molecule has 0 saturated carbocycles. The highest BCUT2D eigenvalue weighted by Crippen LogP contribution is 2.18. The van der Waals surface area contributed by atoms with Gasteiger partial charge in [0.1, 0.15) is 0 Å². The Balaban J connectivity index is 2.56. The van der Waals surface area contributed by atoms with Gasteiger partial charge in [-0.05, 0) is 32.4 Å². The molecule has 0 saturated heterocycles. The fourth-order valence-corrected chi connectivity index (χ4v) is 1.86. The summed E-state index contributed by atoms with van der Waals surface area (Å²) in [6.07, 6.45) is 2.60. The van der Waals surface area contributed by atoms with Crippen molar-refractivity contribution in [1.82, 2.24) is 9.88 Å². The SMILES string of the molecule is CCN(CC)C(=O)CCC(C#N)c1ccccn1. The smallest absolute Gasteiger partial charge is 0.222 e. The van der Waals surface area contributed by atoms with Crippen LogP contribution in [-0.2, 0) is 4.79 Å². The molecule has 0 spiro atoms. The minimum Gasteiger partial charge on any atom is -0.343 e. The Morgan fingerprint density at radius 2 is 2.17 bits per heavy atom. The highest BCUT2D eigenvalue weighted by molar-refractivity contribution is 5.76. The van der Waals surface area contributed by atoms with Gasteiger partial charge in [-0.25, -0.2) is 0 Å². The van der Waals surface area contributed by atoms with Gasteiger partial charge in [0.25, 0.3) is 0 Å². The first-order chi connectivity index (χ1) is 8.72. The van der Waals surface area contributed by atoms with Gasteiger partial charge in [-0.15, -0.1) is 0 Å². The van der Waals surface area contributed by atoms with Gasteiger partial charge in [-0.2, -0.15) is 5.26 Å². The van der Waals surface area contributed by atoms with E-state index in [1.165, 1.54) is 0 Å². The summed E-state index contributed by atoms with van der Waals surface area (Å²) in [6.45, 7) is 5.36. The van der Waals surface area contributed by atoms with Crippen LogP contribution in [0.3, 0.4) is 0 Å². The number of hydrogen-bond acceptors (Lipinski definition) is 3. The number of carbonyl (C=O) groups excluding carboxylic acids is 1. The predicted molar refractivity (Wildman–Crippen MR) is 69.8 cm³/mol. The lowest BCUT2D eigenvalue weighted by Gasteiger charge is -2.19. The summed E-state index contributed by atoms with van der Waals surface area (Å²) in [6, 6.07) is 7.72. The third-order valence-electron chi connectivity index (χ3n) is 2.96. The molecule has 0 aromatic carbocycles. The molecule has 0 radical (unpaired) electrons. The molecule has 0 bridgehead atoms. The molecule has 0 aliphatic carbocycles. The fourth-order valence-electron chi connectivity index (χ4n) is 1.86. The van der Waals surface area contributed by atoms with E-state index < -0.39 is 0 Å². The van der Waals surface area contributed by atoms with E-state index in [0.29, 0.717) is 12.8 Å². The van der Waals surface area contributed by atoms with Crippen molar-refractivity contribution in [2.45, 2.75) is 32.6 Å². The molecule has 0 N–H and O–H groups in total. The van der Waals surface area contributed by atoms with Crippen LogP contribution in [0.2, 0.25) is 0 Å². The van der Waals surface area contributed by atoms with Crippen molar-refractivity contribution in [1.29, 1.82) is 5.26 Å². The molecule has 0 aliphatic rings. The summed E-state index contributed by atoms with van der Waals surface area (Å²) >= 11 is 0. The van der Waals surface area contributed by atoms with Crippen LogP contribution in [-0.4, -0.2) is 28.9 Å². The molecule has 1 heterocycles. The zero-order valence-electron chi connectivity index (χ0n) is 11.0. The van der Waals surface area contributed by atoms with E-state index in [2.05, 4.69) is 11.1 Å². The predicted octanol–water partition coefficient (Wildman–Crippen LogP) is 2.34. The van der Waals surface area contributed by atoms with Crippen LogP contribution in [0.5, 0.6) is 0 Å². The maximum Gasteiger partial charge on any atom is 0.222 e. The van der Waals surface area contributed by atoms with Gasteiger partial charge in [0.05, 0.1) is 17.7 Å². The summed E-state index contributed by atoms with van der Waals surface area (Å²) in [4.78, 5) is 17.8. The second-order valence-corrected chi connectivity index (χ2v) is 4.04. The van der Waals surface area contributed by atoms with Crippen LogP contribution in [0.15, 0.2) is 24.4 Å². The van der Waals surface area contributed by atoms with Crippen LogP contribution >= 0.6 is 0 Å². The van der Waals surface area contributed by atoms with Gasteiger partial charge in [0, 0.05) is 25.7 Å². The normalized spacial score (nSPS) is 11.6. The van der Waals surface area contributed by atoms with Gasteiger partial charge >= 0.3 is 0 Å². The molecule has 1 amide bonds. The number of nitriles is 1. The molecule has 1 aromatic heterocycles. The number of pyridine rings is 1. The number of aromatic nitrogens is 1. The van der Waals surface area contributed by atoms with Crippen molar-refractivity contribution in [2.75, 3.05) is 13.1 Å². The molecule has 96 valence electrons. The van der Waals surface area contributed by atoms with Gasteiger partial charge < -0.3 is 4.90 Å². The van der Waals surface area contributed by atoms with Crippen molar-refractivity contribution in [3.8, 4) is 6.07 Å². The number of amides is 1. The molecule has 0 aliphatic heterocycles. The second-order valence-electron chi connectivity index (χ2n) is 4.04. The standard InChI is InChI=1S/C14H19N3O/c1-3-17(4-2)14(18)9-8-12(11-15)13-7-5-6-10-16-13/h5-7,10,12H,3-4,8-9H2,1-2H3. The average molecular weight is 245 g/mol. The first-order valence-electron chi connectivity index (χ1n) is 6.31. The zero-order chi connectivity index (χ0) is 13.4. The number of rotatable bonds is 6. The van der Waals surface area contributed by atoms with Gasteiger partial charge in [0.15, 0.2) is 0 Å². The third-order valence-corrected chi connectivity index (χ3v) is 2.96. The van der Waals surface area contributed by atoms with Crippen molar-refractivity contribution in [3.63, 3.8) is 0 Å². The Morgan fingerprint density at radius 3 is 2.67 bits per heavy atom. The molecule has 18 heavy (non-hydrogen) atoms. The lowest BCUT2D eigenvalue weighted by molar-refractivity contribution is -0.130. The Hall–Kier alpha value is -1.89. The second kappa shape index (κ2) is 7.44. The highest BCUT2D eigenvalue weighted by atomic mass is 16.2. The van der Waals surface area contributed by atoms with Crippen LogP contribution in [0.25, 0.3) is 0 Å². The fraction of sp³-hybridized carbons (Fsp3) is 0.500. The van der Waals surface area contributed by atoms with E-state index >= 15 is 0 Å². The topological polar surface area (TPSA) is 57.0 Å². The maximum absolute atomic E-state index is 11.9. The molecular formula is C14H19N3O. The summed E-state index contributed by atoms with van der Waals surface area (Å²) in [5.41, 5.74) is 0.743. The molecule has 0 fully saturated rings. The minimum absolute atomic E-state index is 0.108. The molecule has 1 atom stereocenters. The average Bonchev–Trinajstić information content (AvgIpc) is 2.42. The van der Waals surface area contributed by atoms with E-state index in [0.717, 1.165) is 18.8 Å². The maximum atomic E-state index is 11.9. The Labute approximate surface area is 108 Å². The van der Waals surface area contributed by atoms with Crippen LogP contribution in [0.4, 0.5) is 0 Å². The summed E-state index contributed by atoms with van der Waals surface area (Å²) in [5.74, 6) is -0.193. The number of nitrogens with zero attached hydrogens (tertiary/aromatic N) is 3. The summed E-state index contributed by atoms with van der Waals surface area (Å²) in [5, 5.41) is 9.13. The molecular weight excluding hydrogens is 226 g/mol. The van der Waals surface area contributed by atoms with Gasteiger partial charge in [0.2, 0.25) is 5.91 Å². The quantitative estimate of drug-likeness (QED) is 0.773. The van der Waals surface area contributed by atoms with Crippen molar-refractivity contribution in [3.05, 3.63) is 30.1 Å². The lowest BCUT2D eigenvalue weighted by Crippen LogP contribution is -2.30. The Bertz CT molecular complexity index is 407. The molecule has 1 aromatic rings.